The van der Waals surface area contributed by atoms with Crippen LogP contribution in [0.15, 0.2) is 29.1 Å². The van der Waals surface area contributed by atoms with Crippen LogP contribution in [0.2, 0.25) is 0 Å². The Kier molecular flexibility index (Phi) is 6.02. The largest absolute Gasteiger partial charge is 0.451 e. The normalized spacial score (nSPS) is 19.0. The van der Waals surface area contributed by atoms with Crippen molar-refractivity contribution in [3.05, 3.63) is 40.3 Å². The second-order valence-corrected chi connectivity index (χ2v) is 9.37. The van der Waals surface area contributed by atoms with Gasteiger partial charge in [0.15, 0.2) is 22.1 Å². The maximum absolute atomic E-state index is 12.8. The number of carbonyl (C=O) groups excluding carboxylic acids is 2. The molecule has 1 aliphatic rings. The van der Waals surface area contributed by atoms with E-state index in [4.69, 9.17) is 4.74 Å². The molecule has 2 heterocycles. The molecule has 0 spiro atoms. The van der Waals surface area contributed by atoms with Crippen molar-refractivity contribution in [1.29, 1.82) is 0 Å². The number of hydrogen-bond acceptors (Lipinski definition) is 7. The monoisotopic (exact) mass is 421 g/mol. The van der Waals surface area contributed by atoms with E-state index in [9.17, 15) is 22.8 Å². The maximum atomic E-state index is 12.8. The van der Waals surface area contributed by atoms with Gasteiger partial charge in [-0.2, -0.15) is 5.10 Å². The molecule has 1 N–H and O–H groups in total. The molecule has 0 unspecified atom stereocenters. The number of hydrogen-bond donors (Lipinski definition) is 1. The van der Waals surface area contributed by atoms with Gasteiger partial charge in [0.05, 0.1) is 16.9 Å². The van der Waals surface area contributed by atoms with E-state index in [1.165, 1.54) is 4.90 Å². The lowest BCUT2D eigenvalue weighted by Gasteiger charge is -2.33. The molecule has 1 fully saturated rings. The first kappa shape index (κ1) is 21.0. The molecule has 1 amide bonds. The zero-order valence-electron chi connectivity index (χ0n) is 16.3. The van der Waals surface area contributed by atoms with Gasteiger partial charge in [0.1, 0.15) is 0 Å². The molecule has 156 valence electrons. The number of rotatable bonds is 6. The summed E-state index contributed by atoms with van der Waals surface area (Å²) in [6.45, 7) is 3.20. The lowest BCUT2D eigenvalue weighted by atomic mass is 10.1. The number of carbonyl (C=O) groups is 2. The molecule has 1 aromatic carbocycles. The van der Waals surface area contributed by atoms with Gasteiger partial charge in [0, 0.05) is 17.5 Å². The van der Waals surface area contributed by atoms with Gasteiger partial charge < -0.3 is 9.64 Å². The number of benzene rings is 1. The second-order valence-electron chi connectivity index (χ2n) is 7.14. The lowest BCUT2D eigenvalue weighted by molar-refractivity contribution is -0.138. The predicted octanol–water partition coefficient (Wildman–Crippen LogP) is 0.894. The van der Waals surface area contributed by atoms with Gasteiger partial charge in [-0.15, -0.1) is 0 Å². The highest BCUT2D eigenvalue weighted by molar-refractivity contribution is 7.91. The first-order valence-corrected chi connectivity index (χ1v) is 11.2. The second kappa shape index (κ2) is 8.32. The van der Waals surface area contributed by atoms with E-state index < -0.39 is 39.9 Å². The molecule has 0 aliphatic carbocycles. The molecule has 29 heavy (non-hydrogen) atoms. The van der Waals surface area contributed by atoms with Crippen LogP contribution in [-0.2, 0) is 19.4 Å². The molecule has 9 nitrogen and oxygen atoms in total. The molecular formula is C19H23N3O6S. The minimum Gasteiger partial charge on any atom is -0.451 e. The van der Waals surface area contributed by atoms with E-state index in [-0.39, 0.29) is 28.6 Å². The van der Waals surface area contributed by atoms with Crippen LogP contribution in [0.1, 0.15) is 37.2 Å². The summed E-state index contributed by atoms with van der Waals surface area (Å²) in [6, 6.07) is 5.85. The summed E-state index contributed by atoms with van der Waals surface area (Å²) in [7, 11) is -3.16. The number of amides is 1. The highest BCUT2D eigenvalue weighted by Gasteiger charge is 2.36. The zero-order chi connectivity index (χ0) is 21.2. The van der Waals surface area contributed by atoms with E-state index >= 15 is 0 Å². The Morgan fingerprint density at radius 1 is 1.31 bits per heavy atom. The zero-order valence-corrected chi connectivity index (χ0v) is 17.1. The summed E-state index contributed by atoms with van der Waals surface area (Å²) in [5.74, 6) is -1.33. The summed E-state index contributed by atoms with van der Waals surface area (Å²) in [6.07, 6.45) is 1.01. The minimum absolute atomic E-state index is 0.0466. The van der Waals surface area contributed by atoms with Gasteiger partial charge in [0.2, 0.25) is 0 Å². The van der Waals surface area contributed by atoms with Gasteiger partial charge in [-0.05, 0) is 25.8 Å². The fraction of sp³-hybridized carbons (Fsp3) is 0.474. The van der Waals surface area contributed by atoms with E-state index in [0.717, 1.165) is 0 Å². The number of H-pyrrole nitrogens is 1. The average molecular weight is 421 g/mol. The van der Waals surface area contributed by atoms with Crippen molar-refractivity contribution in [2.75, 3.05) is 18.1 Å². The Balaban J connectivity index is 1.76. The van der Waals surface area contributed by atoms with E-state index in [1.807, 2.05) is 13.8 Å². The first-order chi connectivity index (χ1) is 13.7. The molecule has 2 aromatic rings. The first-order valence-electron chi connectivity index (χ1n) is 9.39. The van der Waals surface area contributed by atoms with Crippen LogP contribution in [0, 0.1) is 0 Å². The van der Waals surface area contributed by atoms with Gasteiger partial charge in [-0.1, -0.05) is 25.1 Å². The van der Waals surface area contributed by atoms with Crippen molar-refractivity contribution in [3.8, 4) is 0 Å². The molecule has 2 atom stereocenters. The Bertz CT molecular complexity index is 1090. The summed E-state index contributed by atoms with van der Waals surface area (Å²) in [5, 5.41) is 6.63. The highest BCUT2D eigenvalue weighted by Crippen LogP contribution is 2.22. The van der Waals surface area contributed by atoms with E-state index in [0.29, 0.717) is 18.2 Å². The van der Waals surface area contributed by atoms with Gasteiger partial charge >= 0.3 is 5.97 Å². The third kappa shape index (κ3) is 4.47. The van der Waals surface area contributed by atoms with E-state index in [1.54, 1.807) is 24.3 Å². The fourth-order valence-electron chi connectivity index (χ4n) is 3.54. The number of nitrogens with zero attached hydrogens (tertiary/aromatic N) is 2. The van der Waals surface area contributed by atoms with Crippen LogP contribution in [0.25, 0.3) is 10.8 Å². The van der Waals surface area contributed by atoms with Crippen molar-refractivity contribution in [2.45, 2.75) is 38.8 Å². The van der Waals surface area contributed by atoms with Crippen LogP contribution in [-0.4, -0.2) is 65.6 Å². The van der Waals surface area contributed by atoms with Crippen LogP contribution < -0.4 is 5.56 Å². The van der Waals surface area contributed by atoms with Gasteiger partial charge in [0.25, 0.3) is 11.5 Å². The van der Waals surface area contributed by atoms with Crippen molar-refractivity contribution >= 4 is 32.5 Å². The van der Waals surface area contributed by atoms with Crippen LogP contribution in [0.4, 0.5) is 0 Å². The molecule has 10 heteroatoms. The van der Waals surface area contributed by atoms with Crippen LogP contribution in [0.3, 0.4) is 0 Å². The Morgan fingerprint density at radius 3 is 2.62 bits per heavy atom. The van der Waals surface area contributed by atoms with Crippen LogP contribution in [0.5, 0.6) is 0 Å². The lowest BCUT2D eigenvalue weighted by Crippen LogP contribution is -2.48. The van der Waals surface area contributed by atoms with Crippen molar-refractivity contribution in [2.24, 2.45) is 0 Å². The molecule has 1 saturated heterocycles. The maximum Gasteiger partial charge on any atom is 0.359 e. The Morgan fingerprint density at radius 2 is 2.00 bits per heavy atom. The number of sulfone groups is 1. The molecular weight excluding hydrogens is 398 g/mol. The number of esters is 1. The molecule has 0 saturated carbocycles. The highest BCUT2D eigenvalue weighted by atomic mass is 32.2. The average Bonchev–Trinajstić information content (AvgIpc) is 3.05. The van der Waals surface area contributed by atoms with Crippen LogP contribution >= 0.6 is 0 Å². The molecule has 0 bridgehead atoms. The number of aromatic amines is 1. The number of fused-ring (bicyclic) bond motifs is 1. The summed E-state index contributed by atoms with van der Waals surface area (Å²) in [4.78, 5) is 38.6. The molecule has 3 rings (SSSR count). The predicted molar refractivity (Wildman–Crippen MR) is 106 cm³/mol. The van der Waals surface area contributed by atoms with Crippen molar-refractivity contribution in [3.63, 3.8) is 0 Å². The summed E-state index contributed by atoms with van der Waals surface area (Å²) in [5.41, 5.74) is -0.523. The summed E-state index contributed by atoms with van der Waals surface area (Å²) >= 11 is 0. The number of ether oxygens (including phenoxy) is 1. The van der Waals surface area contributed by atoms with Crippen molar-refractivity contribution in [1.82, 2.24) is 15.1 Å². The van der Waals surface area contributed by atoms with Gasteiger partial charge in [-0.3, -0.25) is 9.59 Å². The van der Waals surface area contributed by atoms with E-state index in [2.05, 4.69) is 10.2 Å². The quantitative estimate of drug-likeness (QED) is 0.687. The standard InChI is InChI=1S/C19H23N3O6S/c1-3-12(2)22(13-8-9-29(26,27)11-13)16(23)10-28-19(25)17-14-6-4-5-7-15(14)18(24)21-20-17/h4-7,12-13H,3,8-11H2,1-2H3,(H,21,24)/t12-,13-/m0/s1. The molecule has 1 aliphatic heterocycles. The number of aromatic nitrogens is 2. The SMILES string of the molecule is CC[C@H](C)N(C(=O)COC(=O)c1n[nH]c(=O)c2ccccc12)[C@H]1CCS(=O)(=O)C1. The molecule has 0 radical (unpaired) electrons. The minimum atomic E-state index is -3.16. The number of nitrogens with one attached hydrogen (secondary N) is 1. The topological polar surface area (TPSA) is 126 Å². The summed E-state index contributed by atoms with van der Waals surface area (Å²) < 4.78 is 28.8. The van der Waals surface area contributed by atoms with Gasteiger partial charge in [-0.25, -0.2) is 18.3 Å². The Hall–Kier alpha value is -2.75. The van der Waals surface area contributed by atoms with Crippen molar-refractivity contribution < 1.29 is 22.7 Å². The smallest absolute Gasteiger partial charge is 0.359 e. The third-order valence-electron chi connectivity index (χ3n) is 5.17. The third-order valence-corrected chi connectivity index (χ3v) is 6.92. The molecule has 1 aromatic heterocycles. The fourth-order valence-corrected chi connectivity index (χ4v) is 5.25. The Labute approximate surface area is 168 Å².